The fraction of sp³-hybridized carbons (Fsp3) is 0.467. The molecule has 0 bridgehead atoms. The van der Waals surface area contributed by atoms with E-state index in [1.165, 1.54) is 31.2 Å². The zero-order valence-corrected chi connectivity index (χ0v) is 16.0. The number of aliphatic carboxylic acids is 1. The number of rotatable bonds is 7. The first-order chi connectivity index (χ1) is 12.4. The van der Waals surface area contributed by atoms with Crippen molar-refractivity contribution in [1.29, 1.82) is 0 Å². The average molecular weight is 420 g/mol. The summed E-state index contributed by atoms with van der Waals surface area (Å²) in [6, 6.07) is 3.98. The highest BCUT2D eigenvalue weighted by molar-refractivity contribution is 7.92. The van der Waals surface area contributed by atoms with Gasteiger partial charge in [-0.15, -0.1) is 0 Å². The predicted octanol–water partition coefficient (Wildman–Crippen LogP) is -1.44. The second-order valence-corrected chi connectivity index (χ2v) is 10.3. The monoisotopic (exact) mass is 420 g/mol. The van der Waals surface area contributed by atoms with Crippen molar-refractivity contribution in [2.45, 2.75) is 30.5 Å². The molecule has 1 fully saturated rings. The van der Waals surface area contributed by atoms with Crippen LogP contribution >= 0.6 is 0 Å². The highest BCUT2D eigenvalue weighted by Crippen LogP contribution is 2.25. The van der Waals surface area contributed by atoms with Gasteiger partial charge in [-0.1, -0.05) is 12.1 Å². The predicted molar refractivity (Wildman–Crippen MR) is 93.9 cm³/mol. The fourth-order valence-corrected chi connectivity index (χ4v) is 6.24. The number of carboxylic acid groups (broad SMARTS) is 1. The molecule has 1 heterocycles. The van der Waals surface area contributed by atoms with Gasteiger partial charge in [0.2, 0.25) is 15.9 Å². The number of sulfone groups is 1. The van der Waals surface area contributed by atoms with Gasteiger partial charge in [-0.05, 0) is 17.7 Å². The van der Waals surface area contributed by atoms with Gasteiger partial charge in [0.25, 0.3) is 0 Å². The van der Waals surface area contributed by atoms with Crippen LogP contribution in [-0.2, 0) is 36.0 Å². The largest absolute Gasteiger partial charge is 0.480 e. The van der Waals surface area contributed by atoms with Crippen molar-refractivity contribution in [3.05, 3.63) is 29.8 Å². The molecule has 0 radical (unpaired) electrons. The first kappa shape index (κ1) is 21.3. The number of hydrogen-bond acceptors (Lipinski definition) is 7. The standard InChI is InChI=1S/C15H20N2O8S2/c1-10(18)16-6-11-2-4-12(5-3-11)27(24,25)17(7-15(20)21)13-8-26(22,23)9-14(13)19/h2-5,13-14,19H,6-9H2,1H3,(H,16,18)(H,20,21)/t13-,14+/m0/s1. The number of carboxylic acids is 1. The van der Waals surface area contributed by atoms with Crippen molar-refractivity contribution < 1.29 is 36.6 Å². The first-order valence-corrected chi connectivity index (χ1v) is 11.1. The second-order valence-electron chi connectivity index (χ2n) is 6.21. The Balaban J connectivity index is 2.34. The Bertz CT molecular complexity index is 925. The molecule has 27 heavy (non-hydrogen) atoms. The van der Waals surface area contributed by atoms with E-state index in [9.17, 15) is 31.5 Å². The number of carbonyl (C=O) groups is 2. The quantitative estimate of drug-likeness (QED) is 0.484. The molecule has 150 valence electrons. The normalized spacial score (nSPS) is 21.9. The number of hydrogen-bond donors (Lipinski definition) is 3. The van der Waals surface area contributed by atoms with E-state index in [1.54, 1.807) is 0 Å². The van der Waals surface area contributed by atoms with Crippen molar-refractivity contribution in [2.75, 3.05) is 18.1 Å². The summed E-state index contributed by atoms with van der Waals surface area (Å²) in [6.45, 7) is 0.547. The number of benzene rings is 1. The van der Waals surface area contributed by atoms with Crippen molar-refractivity contribution in [2.24, 2.45) is 0 Å². The van der Waals surface area contributed by atoms with Crippen LogP contribution in [0.1, 0.15) is 12.5 Å². The van der Waals surface area contributed by atoms with Crippen molar-refractivity contribution in [3.63, 3.8) is 0 Å². The molecule has 0 unspecified atom stereocenters. The Hall–Kier alpha value is -2.02. The van der Waals surface area contributed by atoms with E-state index < -0.39 is 56.0 Å². The van der Waals surface area contributed by atoms with Gasteiger partial charge >= 0.3 is 5.97 Å². The molecule has 0 saturated carbocycles. The molecule has 10 nitrogen and oxygen atoms in total. The Labute approximate surface area is 156 Å². The molecule has 0 spiro atoms. The maximum atomic E-state index is 12.9. The minimum atomic E-state index is -4.37. The summed E-state index contributed by atoms with van der Waals surface area (Å²) in [5.41, 5.74) is 0.623. The van der Waals surface area contributed by atoms with E-state index in [4.69, 9.17) is 5.11 Å². The molecule has 2 rings (SSSR count). The Morgan fingerprint density at radius 2 is 1.81 bits per heavy atom. The van der Waals surface area contributed by atoms with Crippen LogP contribution in [0.2, 0.25) is 0 Å². The SMILES string of the molecule is CC(=O)NCc1ccc(S(=O)(=O)N(CC(=O)O)[C@H]2CS(=O)(=O)C[C@H]2O)cc1. The topological polar surface area (TPSA) is 158 Å². The van der Waals surface area contributed by atoms with E-state index in [1.807, 2.05) is 0 Å². The molecule has 1 aromatic carbocycles. The van der Waals surface area contributed by atoms with Crippen LogP contribution in [0.15, 0.2) is 29.2 Å². The number of amides is 1. The van der Waals surface area contributed by atoms with Gasteiger partial charge in [0, 0.05) is 13.5 Å². The summed E-state index contributed by atoms with van der Waals surface area (Å²) < 4.78 is 49.7. The third-order valence-corrected chi connectivity index (χ3v) is 7.61. The van der Waals surface area contributed by atoms with E-state index in [0.29, 0.717) is 9.87 Å². The molecule has 1 aliphatic heterocycles. The fourth-order valence-electron chi connectivity index (χ4n) is 2.74. The summed E-state index contributed by atoms with van der Waals surface area (Å²) in [6.07, 6.45) is -1.51. The van der Waals surface area contributed by atoms with Gasteiger partial charge in [-0.25, -0.2) is 16.8 Å². The lowest BCUT2D eigenvalue weighted by molar-refractivity contribution is -0.137. The van der Waals surface area contributed by atoms with E-state index in [-0.39, 0.29) is 17.3 Å². The molecule has 1 aliphatic rings. The molecule has 1 saturated heterocycles. The van der Waals surface area contributed by atoms with Gasteiger partial charge in [-0.2, -0.15) is 4.31 Å². The summed E-state index contributed by atoms with van der Waals surface area (Å²) in [5.74, 6) is -3.01. The average Bonchev–Trinajstić information content (AvgIpc) is 2.83. The highest BCUT2D eigenvalue weighted by atomic mass is 32.2. The number of nitrogens with one attached hydrogen (secondary N) is 1. The molecule has 0 aliphatic carbocycles. The second kappa shape index (κ2) is 7.92. The number of carbonyl (C=O) groups excluding carboxylic acids is 1. The van der Waals surface area contributed by atoms with Crippen LogP contribution in [-0.4, -0.2) is 73.4 Å². The van der Waals surface area contributed by atoms with Crippen molar-refractivity contribution in [3.8, 4) is 0 Å². The number of sulfonamides is 1. The van der Waals surface area contributed by atoms with Crippen molar-refractivity contribution >= 4 is 31.7 Å². The molecular formula is C15H20N2O8S2. The van der Waals surface area contributed by atoms with Gasteiger partial charge in [-0.3, -0.25) is 9.59 Å². The molecule has 0 aromatic heterocycles. The summed E-state index contributed by atoms with van der Waals surface area (Å²) in [5, 5.41) is 21.6. The summed E-state index contributed by atoms with van der Waals surface area (Å²) in [4.78, 5) is 21.8. The highest BCUT2D eigenvalue weighted by Gasteiger charge is 2.45. The van der Waals surface area contributed by atoms with Crippen LogP contribution < -0.4 is 5.32 Å². The first-order valence-electron chi connectivity index (χ1n) is 7.88. The van der Waals surface area contributed by atoms with Gasteiger partial charge in [0.05, 0.1) is 28.5 Å². The van der Waals surface area contributed by atoms with Crippen LogP contribution in [0, 0.1) is 0 Å². The molecule has 3 N–H and O–H groups in total. The Kier molecular flexibility index (Phi) is 6.24. The third-order valence-electron chi connectivity index (χ3n) is 4.03. The Morgan fingerprint density at radius 1 is 1.22 bits per heavy atom. The lowest BCUT2D eigenvalue weighted by Crippen LogP contribution is -2.48. The molecular weight excluding hydrogens is 400 g/mol. The van der Waals surface area contributed by atoms with E-state index in [2.05, 4.69) is 5.32 Å². The molecule has 12 heteroatoms. The molecule has 2 atom stereocenters. The van der Waals surface area contributed by atoms with Gasteiger partial charge in [0.15, 0.2) is 9.84 Å². The van der Waals surface area contributed by atoms with Crippen LogP contribution in [0.25, 0.3) is 0 Å². The minimum absolute atomic E-state index is 0.189. The van der Waals surface area contributed by atoms with Crippen molar-refractivity contribution in [1.82, 2.24) is 9.62 Å². The number of aliphatic hydroxyl groups excluding tert-OH is 1. The lowest BCUT2D eigenvalue weighted by Gasteiger charge is -2.27. The zero-order valence-electron chi connectivity index (χ0n) is 14.4. The summed E-state index contributed by atoms with van der Waals surface area (Å²) >= 11 is 0. The molecule has 1 amide bonds. The smallest absolute Gasteiger partial charge is 0.318 e. The third kappa shape index (κ3) is 5.25. The lowest BCUT2D eigenvalue weighted by atomic mass is 10.2. The summed E-state index contributed by atoms with van der Waals surface area (Å²) in [7, 11) is -8.05. The molecule has 1 aromatic rings. The van der Waals surface area contributed by atoms with Gasteiger partial charge in [0.1, 0.15) is 6.54 Å². The number of aliphatic hydroxyl groups is 1. The van der Waals surface area contributed by atoms with Gasteiger partial charge < -0.3 is 15.5 Å². The minimum Gasteiger partial charge on any atom is -0.480 e. The van der Waals surface area contributed by atoms with Crippen LogP contribution in [0.3, 0.4) is 0 Å². The van der Waals surface area contributed by atoms with E-state index in [0.717, 1.165) is 0 Å². The van der Waals surface area contributed by atoms with E-state index >= 15 is 0 Å². The maximum Gasteiger partial charge on any atom is 0.318 e. The Morgan fingerprint density at radius 3 is 2.26 bits per heavy atom. The van der Waals surface area contributed by atoms with Crippen LogP contribution in [0.5, 0.6) is 0 Å². The maximum absolute atomic E-state index is 12.9. The number of nitrogens with zero attached hydrogens (tertiary/aromatic N) is 1. The zero-order chi connectivity index (χ0) is 20.4. The van der Waals surface area contributed by atoms with Crippen LogP contribution in [0.4, 0.5) is 0 Å².